The standard InChI is InChI=1S/C22H23ClN4O5/c1-2-32-18(28)13-26(15-7-9-31-10-8-15)19-14(11-24-22(23)25-19)12-27-20(29)16-5-3-4-6-17(16)21(27)30/h3-6,11,15H,2,7-10,12-13H2,1H3. The second-order valence-electron chi connectivity index (χ2n) is 7.51. The molecule has 3 heterocycles. The van der Waals surface area contributed by atoms with Gasteiger partial charge in [-0.05, 0) is 43.5 Å². The van der Waals surface area contributed by atoms with Gasteiger partial charge in [-0.1, -0.05) is 12.1 Å². The first kappa shape index (κ1) is 22.2. The largest absolute Gasteiger partial charge is 0.465 e. The van der Waals surface area contributed by atoms with Crippen LogP contribution in [0.3, 0.4) is 0 Å². The fourth-order valence-electron chi connectivity index (χ4n) is 4.01. The van der Waals surface area contributed by atoms with E-state index in [1.165, 1.54) is 6.20 Å². The minimum absolute atomic E-state index is 0.00651. The summed E-state index contributed by atoms with van der Waals surface area (Å²) in [6.45, 7) is 3.02. The molecule has 9 nitrogen and oxygen atoms in total. The van der Waals surface area contributed by atoms with Gasteiger partial charge < -0.3 is 14.4 Å². The normalized spacial score (nSPS) is 16.2. The first-order valence-electron chi connectivity index (χ1n) is 10.5. The maximum atomic E-state index is 12.9. The number of hydrogen-bond donors (Lipinski definition) is 0. The summed E-state index contributed by atoms with van der Waals surface area (Å²) in [7, 11) is 0. The Morgan fingerprint density at radius 1 is 1.22 bits per heavy atom. The van der Waals surface area contributed by atoms with Crippen molar-refractivity contribution >= 4 is 35.2 Å². The van der Waals surface area contributed by atoms with Gasteiger partial charge in [0.2, 0.25) is 5.28 Å². The van der Waals surface area contributed by atoms with Crippen LogP contribution in [0.15, 0.2) is 30.5 Å². The Labute approximate surface area is 190 Å². The van der Waals surface area contributed by atoms with Crippen LogP contribution < -0.4 is 4.90 Å². The van der Waals surface area contributed by atoms with Crippen molar-refractivity contribution in [2.24, 2.45) is 0 Å². The zero-order chi connectivity index (χ0) is 22.7. The first-order chi connectivity index (χ1) is 15.5. The van der Waals surface area contributed by atoms with Crippen molar-refractivity contribution in [3.63, 3.8) is 0 Å². The van der Waals surface area contributed by atoms with E-state index in [-0.39, 0.29) is 42.8 Å². The van der Waals surface area contributed by atoms with Crippen LogP contribution in [0.4, 0.5) is 5.82 Å². The number of carbonyl (C=O) groups is 3. The zero-order valence-corrected chi connectivity index (χ0v) is 18.4. The molecule has 0 aliphatic carbocycles. The number of nitrogens with zero attached hydrogens (tertiary/aromatic N) is 4. The monoisotopic (exact) mass is 458 g/mol. The van der Waals surface area contributed by atoms with Crippen LogP contribution in [-0.4, -0.2) is 65.1 Å². The molecule has 2 aliphatic rings. The highest BCUT2D eigenvalue weighted by Gasteiger charge is 2.36. The highest BCUT2D eigenvalue weighted by molar-refractivity contribution is 6.28. The Morgan fingerprint density at radius 3 is 2.50 bits per heavy atom. The van der Waals surface area contributed by atoms with Crippen LogP contribution in [0.25, 0.3) is 0 Å². The minimum Gasteiger partial charge on any atom is -0.465 e. The summed E-state index contributed by atoms with van der Waals surface area (Å²) in [6.07, 6.45) is 2.87. The number of rotatable bonds is 7. The second kappa shape index (κ2) is 9.62. The van der Waals surface area contributed by atoms with Gasteiger partial charge in [0.25, 0.3) is 11.8 Å². The summed E-state index contributed by atoms with van der Waals surface area (Å²) < 4.78 is 10.6. The Balaban J connectivity index is 1.67. The molecule has 2 aliphatic heterocycles. The third kappa shape index (κ3) is 4.44. The van der Waals surface area contributed by atoms with Gasteiger partial charge in [-0.3, -0.25) is 19.3 Å². The SMILES string of the molecule is CCOC(=O)CN(c1nc(Cl)ncc1CN1C(=O)c2ccccc2C1=O)C1CCOCC1. The van der Waals surface area contributed by atoms with Crippen molar-refractivity contribution in [3.8, 4) is 0 Å². The summed E-state index contributed by atoms with van der Waals surface area (Å²) in [5.41, 5.74) is 1.24. The molecule has 0 spiro atoms. The van der Waals surface area contributed by atoms with Crippen LogP contribution in [0, 0.1) is 0 Å². The number of hydrogen-bond acceptors (Lipinski definition) is 8. The number of anilines is 1. The van der Waals surface area contributed by atoms with Crippen LogP contribution >= 0.6 is 11.6 Å². The number of imide groups is 1. The molecule has 10 heteroatoms. The molecule has 168 valence electrons. The summed E-state index contributed by atoms with van der Waals surface area (Å²) >= 11 is 6.11. The molecule has 0 N–H and O–H groups in total. The van der Waals surface area contributed by atoms with Crippen molar-refractivity contribution in [3.05, 3.63) is 52.4 Å². The van der Waals surface area contributed by atoms with Gasteiger partial charge in [0.15, 0.2) is 0 Å². The van der Waals surface area contributed by atoms with E-state index in [2.05, 4.69) is 9.97 Å². The molecule has 0 bridgehead atoms. The molecule has 0 unspecified atom stereocenters. The van der Waals surface area contributed by atoms with Crippen LogP contribution in [0.1, 0.15) is 46.0 Å². The summed E-state index contributed by atoms with van der Waals surface area (Å²) in [5, 5.41) is 0.00651. The number of amides is 2. The summed E-state index contributed by atoms with van der Waals surface area (Å²) in [6, 6.07) is 6.65. The van der Waals surface area contributed by atoms with E-state index in [1.807, 2.05) is 4.90 Å². The fraction of sp³-hybridized carbons (Fsp3) is 0.409. The van der Waals surface area contributed by atoms with Gasteiger partial charge in [0, 0.05) is 31.0 Å². The van der Waals surface area contributed by atoms with E-state index in [9.17, 15) is 14.4 Å². The Bertz CT molecular complexity index is 1010. The Kier molecular flexibility index (Phi) is 6.66. The van der Waals surface area contributed by atoms with Crippen molar-refractivity contribution in [1.29, 1.82) is 0 Å². The van der Waals surface area contributed by atoms with Gasteiger partial charge in [0.1, 0.15) is 12.4 Å². The van der Waals surface area contributed by atoms with E-state index in [1.54, 1.807) is 31.2 Å². The predicted octanol–water partition coefficient (Wildman–Crippen LogP) is 2.47. The molecular formula is C22H23ClN4O5. The van der Waals surface area contributed by atoms with E-state index in [0.29, 0.717) is 48.6 Å². The number of halogens is 1. The van der Waals surface area contributed by atoms with Gasteiger partial charge in [-0.25, -0.2) is 9.97 Å². The van der Waals surface area contributed by atoms with Crippen LogP contribution in [-0.2, 0) is 20.8 Å². The zero-order valence-electron chi connectivity index (χ0n) is 17.6. The first-order valence-corrected chi connectivity index (χ1v) is 10.8. The molecule has 1 fully saturated rings. The summed E-state index contributed by atoms with van der Waals surface area (Å²) in [4.78, 5) is 49.5. The lowest BCUT2D eigenvalue weighted by Gasteiger charge is -2.35. The maximum absolute atomic E-state index is 12.9. The Morgan fingerprint density at radius 2 is 1.88 bits per heavy atom. The highest BCUT2D eigenvalue weighted by Crippen LogP contribution is 2.30. The topological polar surface area (TPSA) is 102 Å². The number of aromatic nitrogens is 2. The minimum atomic E-state index is -0.402. The number of esters is 1. The molecule has 1 saturated heterocycles. The van der Waals surface area contributed by atoms with E-state index in [0.717, 1.165) is 4.90 Å². The average molecular weight is 459 g/mol. The maximum Gasteiger partial charge on any atom is 0.325 e. The van der Waals surface area contributed by atoms with Crippen molar-refractivity contribution < 1.29 is 23.9 Å². The number of ether oxygens (including phenoxy) is 2. The number of carbonyl (C=O) groups excluding carboxylic acids is 3. The molecule has 2 amide bonds. The van der Waals surface area contributed by atoms with Crippen molar-refractivity contribution in [2.45, 2.75) is 32.4 Å². The molecule has 0 saturated carbocycles. The fourth-order valence-corrected chi connectivity index (χ4v) is 4.14. The number of benzene rings is 1. The number of fused-ring (bicyclic) bond motifs is 1. The molecular weight excluding hydrogens is 436 g/mol. The third-order valence-electron chi connectivity index (χ3n) is 5.53. The van der Waals surface area contributed by atoms with Gasteiger partial charge in [-0.15, -0.1) is 0 Å². The van der Waals surface area contributed by atoms with Crippen molar-refractivity contribution in [1.82, 2.24) is 14.9 Å². The van der Waals surface area contributed by atoms with Crippen molar-refractivity contribution in [2.75, 3.05) is 31.3 Å². The lowest BCUT2D eigenvalue weighted by molar-refractivity contribution is -0.141. The smallest absolute Gasteiger partial charge is 0.325 e. The molecule has 2 aromatic rings. The van der Waals surface area contributed by atoms with Gasteiger partial charge in [-0.2, -0.15) is 0 Å². The predicted molar refractivity (Wildman–Crippen MR) is 116 cm³/mol. The molecule has 0 atom stereocenters. The molecule has 1 aromatic carbocycles. The molecule has 32 heavy (non-hydrogen) atoms. The lowest BCUT2D eigenvalue weighted by Crippen LogP contribution is -2.44. The Hall–Kier alpha value is -3.04. The highest BCUT2D eigenvalue weighted by atomic mass is 35.5. The van der Waals surface area contributed by atoms with E-state index >= 15 is 0 Å². The molecule has 1 aromatic heterocycles. The summed E-state index contributed by atoms with van der Waals surface area (Å²) in [5.74, 6) is -0.758. The van der Waals surface area contributed by atoms with Crippen LogP contribution in [0.5, 0.6) is 0 Å². The van der Waals surface area contributed by atoms with E-state index < -0.39 is 5.97 Å². The van der Waals surface area contributed by atoms with Gasteiger partial charge >= 0.3 is 5.97 Å². The second-order valence-corrected chi connectivity index (χ2v) is 7.84. The molecule has 4 rings (SSSR count). The lowest BCUT2D eigenvalue weighted by atomic mass is 10.1. The molecule has 0 radical (unpaired) electrons. The third-order valence-corrected chi connectivity index (χ3v) is 5.71. The average Bonchev–Trinajstić information content (AvgIpc) is 3.04. The quantitative estimate of drug-likeness (QED) is 0.354. The van der Waals surface area contributed by atoms with Gasteiger partial charge in [0.05, 0.1) is 24.3 Å². The van der Waals surface area contributed by atoms with Crippen LogP contribution in [0.2, 0.25) is 5.28 Å². The van der Waals surface area contributed by atoms with E-state index in [4.69, 9.17) is 21.1 Å².